The number of nitrogens with one attached hydrogen (secondary N) is 1. The van der Waals surface area contributed by atoms with Crippen molar-refractivity contribution in [3.8, 4) is 11.4 Å². The van der Waals surface area contributed by atoms with Crippen LogP contribution in [0.15, 0.2) is 36.1 Å². The number of rotatable bonds is 6. The van der Waals surface area contributed by atoms with Gasteiger partial charge in [-0.1, -0.05) is 12.1 Å². The Hall–Kier alpha value is -2.60. The molecule has 5 nitrogen and oxygen atoms in total. The number of thiazole rings is 1. The van der Waals surface area contributed by atoms with Crippen LogP contribution in [0.3, 0.4) is 0 Å². The van der Waals surface area contributed by atoms with Gasteiger partial charge in [0.1, 0.15) is 0 Å². The van der Waals surface area contributed by atoms with Gasteiger partial charge in [0.2, 0.25) is 0 Å². The van der Waals surface area contributed by atoms with Crippen molar-refractivity contribution >= 4 is 17.2 Å². The summed E-state index contributed by atoms with van der Waals surface area (Å²) in [5, 5.41) is 3.02. The summed E-state index contributed by atoms with van der Waals surface area (Å²) >= 11 is 1.63. The van der Waals surface area contributed by atoms with E-state index in [0.717, 1.165) is 23.2 Å². The molecule has 1 N–H and O–H groups in total. The van der Waals surface area contributed by atoms with Crippen molar-refractivity contribution in [2.24, 2.45) is 0 Å². The van der Waals surface area contributed by atoms with Crippen molar-refractivity contribution in [3.05, 3.63) is 63.4 Å². The van der Waals surface area contributed by atoms with E-state index in [-0.39, 0.29) is 5.91 Å². The van der Waals surface area contributed by atoms with Crippen LogP contribution in [0.2, 0.25) is 0 Å². The van der Waals surface area contributed by atoms with Gasteiger partial charge in [-0.3, -0.25) is 4.79 Å². The highest BCUT2D eigenvalue weighted by Gasteiger charge is 2.24. The Labute approximate surface area is 162 Å². The minimum absolute atomic E-state index is 0.0638. The Balaban J connectivity index is 1.46. The maximum atomic E-state index is 12.6. The van der Waals surface area contributed by atoms with Gasteiger partial charge in [0.25, 0.3) is 5.91 Å². The van der Waals surface area contributed by atoms with Crippen molar-refractivity contribution in [1.29, 1.82) is 0 Å². The summed E-state index contributed by atoms with van der Waals surface area (Å²) in [5.41, 5.74) is 6.57. The second-order valence-corrected chi connectivity index (χ2v) is 7.95. The van der Waals surface area contributed by atoms with Crippen LogP contribution in [0.4, 0.5) is 0 Å². The van der Waals surface area contributed by atoms with E-state index in [1.165, 1.54) is 23.3 Å². The zero-order valence-corrected chi connectivity index (χ0v) is 16.3. The molecule has 1 aliphatic rings. The van der Waals surface area contributed by atoms with E-state index in [2.05, 4.69) is 20.3 Å². The number of hydrogen-bond donors (Lipinski definition) is 1. The van der Waals surface area contributed by atoms with Crippen LogP contribution in [0.5, 0.6) is 0 Å². The molecule has 2 heterocycles. The van der Waals surface area contributed by atoms with Crippen molar-refractivity contribution in [2.75, 3.05) is 6.54 Å². The molecule has 0 aliphatic heterocycles. The van der Waals surface area contributed by atoms with Crippen LogP contribution in [0.1, 0.15) is 50.8 Å². The van der Waals surface area contributed by atoms with Crippen LogP contribution in [-0.4, -0.2) is 27.4 Å². The summed E-state index contributed by atoms with van der Waals surface area (Å²) < 4.78 is 0. The van der Waals surface area contributed by atoms with E-state index in [4.69, 9.17) is 0 Å². The minimum atomic E-state index is -0.0638. The Morgan fingerprint density at radius 3 is 2.63 bits per heavy atom. The van der Waals surface area contributed by atoms with Crippen LogP contribution < -0.4 is 5.32 Å². The standard InChI is InChI=1S/C21H22N4OS/c1-13-3-4-16(20-23-10-17(11-24-20)15-5-6-15)9-18(13)21(26)22-8-7-19-14(2)25-12-27-19/h3-4,9-12,15H,5-8H2,1-2H3,(H,22,26). The predicted octanol–water partition coefficient (Wildman–Crippen LogP) is 4.07. The quantitative estimate of drug-likeness (QED) is 0.702. The molecule has 6 heteroatoms. The molecular formula is C21H22N4OS. The second kappa shape index (κ2) is 7.56. The van der Waals surface area contributed by atoms with Crippen molar-refractivity contribution in [1.82, 2.24) is 20.3 Å². The van der Waals surface area contributed by atoms with Gasteiger partial charge in [0.05, 0.1) is 11.2 Å². The molecule has 1 amide bonds. The summed E-state index contributed by atoms with van der Waals surface area (Å²) in [6, 6.07) is 5.81. The Morgan fingerprint density at radius 1 is 1.19 bits per heavy atom. The molecular weight excluding hydrogens is 356 g/mol. The molecule has 1 aliphatic carbocycles. The van der Waals surface area contributed by atoms with Gasteiger partial charge >= 0.3 is 0 Å². The molecule has 1 aromatic carbocycles. The minimum Gasteiger partial charge on any atom is -0.352 e. The van der Waals surface area contributed by atoms with Gasteiger partial charge in [-0.25, -0.2) is 15.0 Å². The van der Waals surface area contributed by atoms with Crippen molar-refractivity contribution in [2.45, 2.75) is 39.0 Å². The van der Waals surface area contributed by atoms with Gasteiger partial charge < -0.3 is 5.32 Å². The summed E-state index contributed by atoms with van der Waals surface area (Å²) in [7, 11) is 0. The Bertz CT molecular complexity index is 961. The van der Waals surface area contributed by atoms with Crippen LogP contribution in [0.25, 0.3) is 11.4 Å². The molecule has 1 fully saturated rings. The molecule has 4 rings (SSSR count). The fraction of sp³-hybridized carbons (Fsp3) is 0.333. The van der Waals surface area contributed by atoms with Crippen molar-refractivity contribution < 1.29 is 4.79 Å². The fourth-order valence-electron chi connectivity index (χ4n) is 3.07. The first kappa shape index (κ1) is 17.8. The Kier molecular flexibility index (Phi) is 4.99. The van der Waals surface area contributed by atoms with Gasteiger partial charge in [0.15, 0.2) is 5.82 Å². The topological polar surface area (TPSA) is 67.8 Å². The maximum absolute atomic E-state index is 12.6. The number of benzene rings is 1. The first-order valence-corrected chi connectivity index (χ1v) is 10.1. The lowest BCUT2D eigenvalue weighted by molar-refractivity contribution is 0.0953. The number of amides is 1. The van der Waals surface area contributed by atoms with Crippen LogP contribution >= 0.6 is 11.3 Å². The molecule has 0 atom stereocenters. The Morgan fingerprint density at radius 2 is 1.96 bits per heavy atom. The van der Waals surface area contributed by atoms with E-state index in [9.17, 15) is 4.79 Å². The number of aromatic nitrogens is 3. The van der Waals surface area contributed by atoms with Crippen LogP contribution in [0, 0.1) is 13.8 Å². The monoisotopic (exact) mass is 378 g/mol. The molecule has 0 unspecified atom stereocenters. The highest BCUT2D eigenvalue weighted by atomic mass is 32.1. The molecule has 27 heavy (non-hydrogen) atoms. The van der Waals surface area contributed by atoms with E-state index < -0.39 is 0 Å². The summed E-state index contributed by atoms with van der Waals surface area (Å²) in [6.07, 6.45) is 7.10. The third-order valence-electron chi connectivity index (χ3n) is 4.94. The van der Waals surface area contributed by atoms with Gasteiger partial charge in [-0.05, 0) is 49.8 Å². The summed E-state index contributed by atoms with van der Waals surface area (Å²) in [5.74, 6) is 1.24. The molecule has 1 saturated carbocycles. The third kappa shape index (κ3) is 4.06. The number of nitrogens with zero attached hydrogens (tertiary/aromatic N) is 3. The largest absolute Gasteiger partial charge is 0.352 e. The molecule has 2 aromatic heterocycles. The highest BCUT2D eigenvalue weighted by molar-refractivity contribution is 7.09. The number of carbonyl (C=O) groups is 1. The molecule has 0 saturated heterocycles. The van der Waals surface area contributed by atoms with Gasteiger partial charge in [-0.2, -0.15) is 0 Å². The van der Waals surface area contributed by atoms with Crippen LogP contribution in [-0.2, 0) is 6.42 Å². The first-order chi connectivity index (χ1) is 13.1. The normalized spacial score (nSPS) is 13.6. The molecule has 0 radical (unpaired) electrons. The lowest BCUT2D eigenvalue weighted by Gasteiger charge is -2.10. The zero-order chi connectivity index (χ0) is 18.8. The average Bonchev–Trinajstić information content (AvgIpc) is 3.45. The summed E-state index contributed by atoms with van der Waals surface area (Å²) in [4.78, 5) is 27.1. The molecule has 138 valence electrons. The van der Waals surface area contributed by atoms with E-state index in [0.29, 0.717) is 23.9 Å². The fourth-order valence-corrected chi connectivity index (χ4v) is 3.85. The molecule has 3 aromatic rings. The molecule has 0 spiro atoms. The van der Waals surface area contributed by atoms with Gasteiger partial charge in [0, 0.05) is 41.4 Å². The maximum Gasteiger partial charge on any atom is 0.251 e. The highest BCUT2D eigenvalue weighted by Crippen LogP contribution is 2.39. The first-order valence-electron chi connectivity index (χ1n) is 9.22. The molecule has 0 bridgehead atoms. The lowest BCUT2D eigenvalue weighted by Crippen LogP contribution is -2.26. The van der Waals surface area contributed by atoms with Gasteiger partial charge in [-0.15, -0.1) is 11.3 Å². The number of aryl methyl sites for hydroxylation is 2. The lowest BCUT2D eigenvalue weighted by atomic mass is 10.0. The SMILES string of the molecule is Cc1ccc(-c2ncc(C3CC3)cn2)cc1C(=O)NCCc1scnc1C. The zero-order valence-electron chi connectivity index (χ0n) is 15.5. The predicted molar refractivity (Wildman–Crippen MR) is 107 cm³/mol. The number of hydrogen-bond acceptors (Lipinski definition) is 5. The smallest absolute Gasteiger partial charge is 0.251 e. The van der Waals surface area contributed by atoms with Crippen molar-refractivity contribution in [3.63, 3.8) is 0 Å². The van der Waals surface area contributed by atoms with E-state index >= 15 is 0 Å². The van der Waals surface area contributed by atoms with E-state index in [1.807, 2.05) is 50.0 Å². The summed E-state index contributed by atoms with van der Waals surface area (Å²) in [6.45, 7) is 4.54. The van der Waals surface area contributed by atoms with E-state index in [1.54, 1.807) is 11.3 Å². The number of carbonyl (C=O) groups excluding carboxylic acids is 1. The average molecular weight is 379 g/mol. The third-order valence-corrected chi connectivity index (χ3v) is 5.94. The second-order valence-electron chi connectivity index (χ2n) is 7.01.